The van der Waals surface area contributed by atoms with Gasteiger partial charge in [0.2, 0.25) is 9.84 Å². The first-order valence-corrected chi connectivity index (χ1v) is 11.4. The van der Waals surface area contributed by atoms with E-state index >= 15 is 0 Å². The van der Waals surface area contributed by atoms with Crippen LogP contribution in [0.25, 0.3) is 0 Å². The Bertz CT molecular complexity index is 1040. The van der Waals surface area contributed by atoms with Gasteiger partial charge in [-0.1, -0.05) is 15.9 Å². The van der Waals surface area contributed by atoms with Crippen molar-refractivity contribution in [3.05, 3.63) is 62.6 Å². The number of rotatable bonds is 7. The van der Waals surface area contributed by atoms with Crippen molar-refractivity contribution in [2.24, 2.45) is 0 Å². The topological polar surface area (TPSA) is 119 Å². The van der Waals surface area contributed by atoms with Crippen LogP contribution in [0.15, 0.2) is 56.7 Å². The van der Waals surface area contributed by atoms with Crippen molar-refractivity contribution >= 4 is 37.4 Å². The summed E-state index contributed by atoms with van der Waals surface area (Å²) in [5.41, 5.74) is -0.614. The van der Waals surface area contributed by atoms with Crippen molar-refractivity contribution in [1.29, 1.82) is 0 Å². The molecule has 0 saturated carbocycles. The monoisotopic (exact) mass is 497 g/mol. The molecule has 0 aliphatic carbocycles. The molecule has 0 spiro atoms. The van der Waals surface area contributed by atoms with Crippen molar-refractivity contribution in [3.63, 3.8) is 0 Å². The Morgan fingerprint density at radius 1 is 1.17 bits per heavy atom. The predicted molar refractivity (Wildman–Crippen MR) is 112 cm³/mol. The van der Waals surface area contributed by atoms with E-state index in [1.165, 1.54) is 30.3 Å². The average molecular weight is 498 g/mol. The minimum atomic E-state index is -4.12. The van der Waals surface area contributed by atoms with Crippen LogP contribution in [0.3, 0.4) is 0 Å². The molecule has 3 rings (SSSR count). The van der Waals surface area contributed by atoms with Gasteiger partial charge in [0.1, 0.15) is 4.90 Å². The zero-order chi connectivity index (χ0) is 21.7. The number of nitro groups is 1. The second-order valence-corrected chi connectivity index (χ2v) is 9.44. The quantitative estimate of drug-likeness (QED) is 0.460. The number of benzene rings is 2. The van der Waals surface area contributed by atoms with Gasteiger partial charge in [0, 0.05) is 42.3 Å². The minimum Gasteiger partial charge on any atom is -0.379 e. The van der Waals surface area contributed by atoms with Gasteiger partial charge >= 0.3 is 0 Å². The molecule has 1 amide bonds. The molecule has 0 atom stereocenters. The molecule has 1 fully saturated rings. The summed E-state index contributed by atoms with van der Waals surface area (Å²) in [5.74, 6) is -0.501. The Labute approximate surface area is 182 Å². The molecule has 2 aromatic rings. The van der Waals surface area contributed by atoms with Gasteiger partial charge in [0.25, 0.3) is 11.6 Å². The van der Waals surface area contributed by atoms with Crippen LogP contribution in [-0.2, 0) is 14.6 Å². The minimum absolute atomic E-state index is 0.0263. The standard InChI is InChI=1S/C19H20BrN3O6S/c20-15-2-4-16(5-3-15)30(27,28)18-6-1-14(13-17(18)23(25)26)19(24)21-7-8-22-9-11-29-12-10-22/h1-6,13H,7-12H2,(H,21,24). The molecular formula is C19H20BrN3O6S. The fourth-order valence-electron chi connectivity index (χ4n) is 3.02. The fraction of sp³-hybridized carbons (Fsp3) is 0.316. The lowest BCUT2D eigenvalue weighted by Gasteiger charge is -2.26. The zero-order valence-electron chi connectivity index (χ0n) is 15.9. The number of amides is 1. The summed E-state index contributed by atoms with van der Waals surface area (Å²) >= 11 is 3.22. The van der Waals surface area contributed by atoms with Crippen molar-refractivity contribution in [2.75, 3.05) is 39.4 Å². The predicted octanol–water partition coefficient (Wildman–Crippen LogP) is 2.25. The molecule has 30 heavy (non-hydrogen) atoms. The second-order valence-electron chi connectivity index (χ2n) is 6.61. The molecule has 160 valence electrons. The molecule has 1 aliphatic heterocycles. The third-order valence-corrected chi connectivity index (χ3v) is 6.99. The Hall–Kier alpha value is -2.34. The molecule has 1 heterocycles. The molecule has 0 aromatic heterocycles. The highest BCUT2D eigenvalue weighted by atomic mass is 79.9. The van der Waals surface area contributed by atoms with Gasteiger partial charge in [0.15, 0.2) is 0 Å². The third-order valence-electron chi connectivity index (χ3n) is 4.65. The van der Waals surface area contributed by atoms with Gasteiger partial charge in [-0.15, -0.1) is 0 Å². The van der Waals surface area contributed by atoms with Crippen LogP contribution in [0.1, 0.15) is 10.4 Å². The number of carbonyl (C=O) groups excluding carboxylic acids is 1. The lowest BCUT2D eigenvalue weighted by molar-refractivity contribution is -0.387. The highest BCUT2D eigenvalue weighted by Crippen LogP contribution is 2.30. The van der Waals surface area contributed by atoms with E-state index in [1.807, 2.05) is 0 Å². The van der Waals surface area contributed by atoms with Gasteiger partial charge < -0.3 is 10.1 Å². The molecule has 9 nitrogen and oxygen atoms in total. The average Bonchev–Trinajstić information content (AvgIpc) is 2.74. The van der Waals surface area contributed by atoms with E-state index in [9.17, 15) is 23.3 Å². The molecule has 0 unspecified atom stereocenters. The molecule has 1 saturated heterocycles. The van der Waals surface area contributed by atoms with E-state index in [0.717, 1.165) is 25.2 Å². The summed E-state index contributed by atoms with van der Waals surface area (Å²) < 4.78 is 31.7. The lowest BCUT2D eigenvalue weighted by Crippen LogP contribution is -2.41. The number of hydrogen-bond donors (Lipinski definition) is 1. The highest BCUT2D eigenvalue weighted by Gasteiger charge is 2.28. The van der Waals surface area contributed by atoms with Gasteiger partial charge in [-0.2, -0.15) is 0 Å². The molecule has 1 N–H and O–H groups in total. The van der Waals surface area contributed by atoms with Crippen LogP contribution in [0.2, 0.25) is 0 Å². The summed E-state index contributed by atoms with van der Waals surface area (Å²) in [6, 6.07) is 9.17. The fourth-order valence-corrected chi connectivity index (χ4v) is 4.69. The number of nitro benzene ring substituents is 1. The van der Waals surface area contributed by atoms with Gasteiger partial charge in [-0.3, -0.25) is 19.8 Å². The van der Waals surface area contributed by atoms with Gasteiger partial charge in [0.05, 0.1) is 23.0 Å². The van der Waals surface area contributed by atoms with Crippen LogP contribution < -0.4 is 5.32 Å². The number of ether oxygens (including phenoxy) is 1. The SMILES string of the molecule is O=C(NCCN1CCOCC1)c1ccc(S(=O)(=O)c2ccc(Br)cc2)c([N+](=O)[O-])c1. The molecule has 0 radical (unpaired) electrons. The molecule has 11 heteroatoms. The van der Waals surface area contributed by atoms with Crippen LogP contribution in [-0.4, -0.2) is 63.5 Å². The number of nitrogens with one attached hydrogen (secondary N) is 1. The summed E-state index contributed by atoms with van der Waals surface area (Å²) in [7, 11) is -4.12. The first-order chi connectivity index (χ1) is 14.3. The van der Waals surface area contributed by atoms with Crippen LogP contribution in [0.4, 0.5) is 5.69 Å². The number of sulfone groups is 1. The lowest BCUT2D eigenvalue weighted by atomic mass is 10.2. The summed E-state index contributed by atoms with van der Waals surface area (Å²) in [6.45, 7) is 3.86. The van der Waals surface area contributed by atoms with E-state index in [4.69, 9.17) is 4.74 Å². The van der Waals surface area contributed by atoms with Gasteiger partial charge in [-0.25, -0.2) is 8.42 Å². The van der Waals surface area contributed by atoms with Crippen molar-refractivity contribution in [3.8, 4) is 0 Å². The first kappa shape index (κ1) is 22.3. The first-order valence-electron chi connectivity index (χ1n) is 9.16. The summed E-state index contributed by atoms with van der Waals surface area (Å²) in [6.07, 6.45) is 0. The largest absolute Gasteiger partial charge is 0.379 e. The van der Waals surface area contributed by atoms with Crippen LogP contribution in [0.5, 0.6) is 0 Å². The number of carbonyl (C=O) groups is 1. The molecule has 1 aliphatic rings. The maximum Gasteiger partial charge on any atom is 0.289 e. The molecule has 0 bridgehead atoms. The number of halogens is 1. The zero-order valence-corrected chi connectivity index (χ0v) is 18.3. The Morgan fingerprint density at radius 3 is 2.47 bits per heavy atom. The van der Waals surface area contributed by atoms with Crippen LogP contribution >= 0.6 is 15.9 Å². The maximum atomic E-state index is 12.9. The van der Waals surface area contributed by atoms with E-state index in [2.05, 4.69) is 26.1 Å². The van der Waals surface area contributed by atoms with Crippen molar-refractivity contribution in [1.82, 2.24) is 10.2 Å². The van der Waals surface area contributed by atoms with E-state index in [-0.39, 0.29) is 10.5 Å². The number of nitrogens with zero attached hydrogens (tertiary/aromatic N) is 2. The van der Waals surface area contributed by atoms with E-state index in [1.54, 1.807) is 0 Å². The van der Waals surface area contributed by atoms with Crippen molar-refractivity contribution in [2.45, 2.75) is 9.79 Å². The Morgan fingerprint density at radius 2 is 1.83 bits per heavy atom. The Balaban J connectivity index is 1.78. The smallest absolute Gasteiger partial charge is 0.289 e. The maximum absolute atomic E-state index is 12.9. The summed E-state index contributed by atoms with van der Waals surface area (Å²) in [5, 5.41) is 14.2. The molecular weight excluding hydrogens is 478 g/mol. The highest BCUT2D eigenvalue weighted by molar-refractivity contribution is 9.10. The van der Waals surface area contributed by atoms with Gasteiger partial charge in [-0.05, 0) is 36.4 Å². The number of hydrogen-bond acceptors (Lipinski definition) is 7. The second kappa shape index (κ2) is 9.65. The molecule has 2 aromatic carbocycles. The summed E-state index contributed by atoms with van der Waals surface area (Å²) in [4.78, 5) is 24.7. The normalized spacial score (nSPS) is 15.0. The van der Waals surface area contributed by atoms with Crippen molar-refractivity contribution < 1.29 is 22.9 Å². The van der Waals surface area contributed by atoms with E-state index in [0.29, 0.717) is 30.8 Å². The third kappa shape index (κ3) is 5.22. The Kier molecular flexibility index (Phi) is 7.19. The van der Waals surface area contributed by atoms with E-state index < -0.39 is 31.3 Å². The van der Waals surface area contributed by atoms with Crippen LogP contribution in [0, 0.1) is 10.1 Å². The number of morpholine rings is 1.